The highest BCUT2D eigenvalue weighted by molar-refractivity contribution is 6.24. The lowest BCUT2D eigenvalue weighted by molar-refractivity contribution is -0.177. The largest absolute Gasteiger partial charge is 0.508 e. The Hall–Kier alpha value is -7.96. The molecule has 6 aromatic carbocycles. The third kappa shape index (κ3) is 8.27. The molecule has 4 aliphatic heterocycles. The Kier molecular flexibility index (Phi) is 12.8. The van der Waals surface area contributed by atoms with Gasteiger partial charge in [0.2, 0.25) is 11.8 Å². The number of fused-ring (bicyclic) bond motifs is 3. The third-order valence-electron chi connectivity index (χ3n) is 13.6. The molecule has 0 aliphatic carbocycles. The van der Waals surface area contributed by atoms with Crippen molar-refractivity contribution in [3.05, 3.63) is 185 Å². The van der Waals surface area contributed by atoms with E-state index in [-0.39, 0.29) is 30.2 Å². The molecule has 0 unspecified atom stereocenters. The summed E-state index contributed by atoms with van der Waals surface area (Å²) in [6, 6.07) is 41.5. The number of nitrogens with one attached hydrogen (secondary N) is 1. The Labute approximate surface area is 405 Å². The average Bonchev–Trinajstić information content (AvgIpc) is 3.85. The van der Waals surface area contributed by atoms with Gasteiger partial charge in [0.15, 0.2) is 0 Å². The fourth-order valence-corrected chi connectivity index (χ4v) is 10.5. The van der Waals surface area contributed by atoms with Gasteiger partial charge in [0.25, 0.3) is 0 Å². The van der Waals surface area contributed by atoms with Gasteiger partial charge in [-0.3, -0.25) is 19.3 Å². The molecule has 354 valence electrons. The highest BCUT2D eigenvalue weighted by Crippen LogP contribution is 2.66. The summed E-state index contributed by atoms with van der Waals surface area (Å²) in [5, 5.41) is 13.9. The lowest BCUT2D eigenvalue weighted by Crippen LogP contribution is -2.54. The van der Waals surface area contributed by atoms with E-state index in [0.717, 1.165) is 16.2 Å². The van der Waals surface area contributed by atoms with Crippen LogP contribution in [0.15, 0.2) is 152 Å². The number of nitrogens with zero attached hydrogens (tertiary/aromatic N) is 3. The maximum atomic E-state index is 16.4. The number of imide groups is 1. The molecule has 3 amide bonds. The number of esters is 1. The second-order valence-electron chi connectivity index (χ2n) is 17.5. The van der Waals surface area contributed by atoms with Crippen LogP contribution in [0.3, 0.4) is 0 Å². The monoisotopic (exact) mass is 938 g/mol. The van der Waals surface area contributed by atoms with E-state index in [2.05, 4.69) is 22.1 Å². The van der Waals surface area contributed by atoms with Gasteiger partial charge < -0.3 is 39.0 Å². The smallest absolute Gasteiger partial charge is 0.421 e. The number of anilines is 3. The predicted molar refractivity (Wildman–Crippen MR) is 260 cm³/mol. The fraction of sp³-hybridized carbons (Fsp3) is 0.250. The molecule has 4 aliphatic rings. The first-order valence-corrected chi connectivity index (χ1v) is 23.1. The van der Waals surface area contributed by atoms with Crippen LogP contribution >= 0.6 is 0 Å². The van der Waals surface area contributed by atoms with Gasteiger partial charge in [-0.2, -0.15) is 0 Å². The summed E-state index contributed by atoms with van der Waals surface area (Å²) in [5.41, 5.74) is 2.79. The van der Waals surface area contributed by atoms with E-state index in [9.17, 15) is 9.90 Å². The molecule has 3 fully saturated rings. The SMILES string of the molecule is COCCOC(=O)N1C(=O)[C@@]2(c3cc(C#Cc4ccc(OC)cc4)ccc31)[C@H](C(=O)Nc1ccc(N3CCOCC3)cc1)[C@H]1C(=O)O[C@H](c3ccccc3)[C@H](c3ccccc3)N1[C@@H]2c1ccc(O)cc1. The Bertz CT molecular complexity index is 2950. The van der Waals surface area contributed by atoms with Crippen molar-refractivity contribution in [1.29, 1.82) is 0 Å². The molecule has 3 saturated heterocycles. The Morgan fingerprint density at radius 2 is 1.40 bits per heavy atom. The maximum Gasteiger partial charge on any atom is 0.421 e. The summed E-state index contributed by atoms with van der Waals surface area (Å²) in [6.45, 7) is 2.48. The van der Waals surface area contributed by atoms with Gasteiger partial charge >= 0.3 is 12.1 Å². The number of carbonyl (C=O) groups is 4. The van der Waals surface area contributed by atoms with Crippen LogP contribution in [0.1, 0.15) is 51.6 Å². The van der Waals surface area contributed by atoms with Gasteiger partial charge in [0, 0.05) is 42.7 Å². The lowest BCUT2D eigenvalue weighted by Gasteiger charge is -2.46. The van der Waals surface area contributed by atoms with Crippen molar-refractivity contribution < 1.29 is 48.0 Å². The molecular weight excluding hydrogens is 889 g/mol. The van der Waals surface area contributed by atoms with Crippen LogP contribution in [-0.2, 0) is 38.7 Å². The van der Waals surface area contributed by atoms with Crippen LogP contribution < -0.4 is 19.9 Å². The number of morpholine rings is 2. The van der Waals surface area contributed by atoms with E-state index in [0.29, 0.717) is 60.0 Å². The minimum Gasteiger partial charge on any atom is -0.508 e. The second kappa shape index (κ2) is 19.6. The van der Waals surface area contributed by atoms with Gasteiger partial charge in [-0.25, -0.2) is 9.69 Å². The van der Waals surface area contributed by atoms with Crippen LogP contribution in [0.4, 0.5) is 21.9 Å². The highest BCUT2D eigenvalue weighted by atomic mass is 16.6. The summed E-state index contributed by atoms with van der Waals surface area (Å²) < 4.78 is 28.4. The minimum atomic E-state index is -2.06. The van der Waals surface area contributed by atoms with Crippen molar-refractivity contribution in [1.82, 2.24) is 4.90 Å². The number of phenolic OH excluding ortho intramolecular Hbond substituents is 1. The van der Waals surface area contributed by atoms with Crippen LogP contribution in [0.25, 0.3) is 0 Å². The Morgan fingerprint density at radius 3 is 2.07 bits per heavy atom. The van der Waals surface area contributed by atoms with Gasteiger partial charge in [0.1, 0.15) is 35.7 Å². The van der Waals surface area contributed by atoms with Crippen molar-refractivity contribution in [3.8, 4) is 23.3 Å². The zero-order valence-electron chi connectivity index (χ0n) is 38.5. The van der Waals surface area contributed by atoms with E-state index in [4.69, 9.17) is 23.7 Å². The van der Waals surface area contributed by atoms with E-state index in [1.165, 1.54) is 19.2 Å². The number of rotatable bonds is 10. The van der Waals surface area contributed by atoms with Crippen LogP contribution in [0.2, 0.25) is 0 Å². The number of carbonyl (C=O) groups excluding carboxylic acids is 4. The summed E-state index contributed by atoms with van der Waals surface area (Å²) in [5.74, 6) is 3.31. The number of benzene rings is 6. The summed E-state index contributed by atoms with van der Waals surface area (Å²) in [7, 11) is 3.05. The number of cyclic esters (lactones) is 1. The third-order valence-corrected chi connectivity index (χ3v) is 13.6. The predicted octanol–water partition coefficient (Wildman–Crippen LogP) is 7.72. The number of ether oxygens (including phenoxy) is 5. The van der Waals surface area contributed by atoms with Gasteiger partial charge in [-0.1, -0.05) is 84.6 Å². The maximum absolute atomic E-state index is 16.4. The molecule has 0 bridgehead atoms. The minimum absolute atomic E-state index is 0.0421. The van der Waals surface area contributed by atoms with Crippen molar-refractivity contribution in [2.45, 2.75) is 29.6 Å². The first-order chi connectivity index (χ1) is 34.2. The number of hydrogen-bond donors (Lipinski definition) is 2. The highest BCUT2D eigenvalue weighted by Gasteiger charge is 2.75. The number of aromatic hydroxyl groups is 1. The summed E-state index contributed by atoms with van der Waals surface area (Å²) in [4.78, 5) is 67.4. The number of amides is 3. The second-order valence-corrected chi connectivity index (χ2v) is 17.5. The average molecular weight is 939 g/mol. The van der Waals surface area contributed by atoms with Crippen LogP contribution in [-0.4, -0.2) is 93.7 Å². The standard InChI is InChI=1S/C56H50N4O10/c1-66-33-34-69-55(65)59-46-28-17-37(14-13-36-15-26-44(67-2)27-16-36)35-45(46)56(54(59)64)47(52(62)57-41-20-22-42(23-21-41)58-29-31-68-32-30-58)49-53(63)70-50(39-11-7-4-8-12-39)48(38-9-5-3-6-10-38)60(49)51(56)40-18-24-43(61)25-19-40/h3-12,15-28,35,47-51,61H,29-34H2,1-2H3,(H,57,62)/t47-,48-,49-,50+,51+,56-/m0/s1. The van der Waals surface area contributed by atoms with Crippen molar-refractivity contribution in [2.75, 3.05) is 68.9 Å². The zero-order valence-corrected chi connectivity index (χ0v) is 38.5. The molecule has 10 rings (SSSR count). The molecule has 70 heavy (non-hydrogen) atoms. The van der Waals surface area contributed by atoms with E-state index in [1.54, 1.807) is 61.7 Å². The Morgan fingerprint density at radius 1 is 0.743 bits per heavy atom. The molecule has 14 heteroatoms. The number of phenols is 1. The first kappa shape index (κ1) is 45.8. The van der Waals surface area contributed by atoms with Crippen molar-refractivity contribution >= 4 is 40.9 Å². The zero-order chi connectivity index (χ0) is 48.4. The number of hydrogen-bond acceptors (Lipinski definition) is 12. The summed E-state index contributed by atoms with van der Waals surface area (Å²) in [6.07, 6.45) is -1.92. The molecule has 14 nitrogen and oxygen atoms in total. The number of methoxy groups -OCH3 is 2. The Balaban J connectivity index is 1.22. The van der Waals surface area contributed by atoms with Crippen molar-refractivity contribution in [2.24, 2.45) is 5.92 Å². The first-order valence-electron chi connectivity index (χ1n) is 23.1. The molecule has 0 radical (unpaired) electrons. The van der Waals surface area contributed by atoms with E-state index >= 15 is 14.4 Å². The van der Waals surface area contributed by atoms with Crippen LogP contribution in [0.5, 0.6) is 11.5 Å². The summed E-state index contributed by atoms with van der Waals surface area (Å²) >= 11 is 0. The lowest BCUT2D eigenvalue weighted by atomic mass is 9.65. The molecule has 6 aromatic rings. The topological polar surface area (TPSA) is 156 Å². The molecule has 0 aromatic heterocycles. The normalized spacial score (nSPS) is 22.6. The molecule has 0 saturated carbocycles. The van der Waals surface area contributed by atoms with E-state index in [1.807, 2.05) is 89.8 Å². The van der Waals surface area contributed by atoms with Crippen LogP contribution in [0, 0.1) is 17.8 Å². The molecular formula is C56H50N4O10. The molecule has 6 atom stereocenters. The van der Waals surface area contributed by atoms with Crippen molar-refractivity contribution in [3.63, 3.8) is 0 Å². The fourth-order valence-electron chi connectivity index (χ4n) is 10.5. The van der Waals surface area contributed by atoms with Gasteiger partial charge in [-0.05, 0) is 101 Å². The molecule has 1 spiro atoms. The van der Waals surface area contributed by atoms with E-state index < -0.39 is 59.4 Å². The quantitative estimate of drug-likeness (QED) is 0.0785. The van der Waals surface area contributed by atoms with Gasteiger partial charge in [-0.15, -0.1) is 0 Å². The van der Waals surface area contributed by atoms with Gasteiger partial charge in [0.05, 0.1) is 50.6 Å². The molecule has 4 heterocycles. The molecule has 2 N–H and O–H groups in total.